The summed E-state index contributed by atoms with van der Waals surface area (Å²) < 4.78 is 4.97. The first-order chi connectivity index (χ1) is 8.36. The second-order valence-electron chi connectivity index (χ2n) is 3.57. The summed E-state index contributed by atoms with van der Waals surface area (Å²) in [6.45, 7) is 1.89. The van der Waals surface area contributed by atoms with Gasteiger partial charge < -0.3 is 9.51 Å². The van der Waals surface area contributed by atoms with Gasteiger partial charge >= 0.3 is 0 Å². The second-order valence-corrected chi connectivity index (χ2v) is 3.57. The van der Waals surface area contributed by atoms with Gasteiger partial charge in [-0.1, -0.05) is 35.5 Å². The molecule has 3 aromatic rings. The molecule has 0 bridgehead atoms. The normalized spacial score (nSPS) is 9.47. The van der Waals surface area contributed by atoms with Gasteiger partial charge in [-0.2, -0.15) is 0 Å². The first-order valence-electron chi connectivity index (χ1n) is 5.43. The van der Waals surface area contributed by atoms with Crippen molar-refractivity contribution >= 4 is 0 Å². The van der Waals surface area contributed by atoms with Crippen molar-refractivity contribution in [3.8, 4) is 11.3 Å². The van der Waals surface area contributed by atoms with E-state index in [1.807, 2.05) is 67.8 Å². The standard InChI is InChI=1S/C10H9NO.C4H5N/c1-8-7-10(11-12-8)9-5-3-2-4-6-9;1-2-4-5-3-1/h2-7H,1H3;1-5H. The van der Waals surface area contributed by atoms with Crippen molar-refractivity contribution in [2.45, 2.75) is 6.92 Å². The Hall–Kier alpha value is -2.29. The molecule has 1 aromatic carbocycles. The van der Waals surface area contributed by atoms with E-state index in [-0.39, 0.29) is 0 Å². The molecule has 3 rings (SSSR count). The molecule has 0 aliphatic carbocycles. The number of aromatic amines is 1. The molecular formula is C14H14N2O. The van der Waals surface area contributed by atoms with Crippen LogP contribution < -0.4 is 0 Å². The smallest absolute Gasteiger partial charge is 0.134 e. The van der Waals surface area contributed by atoms with Gasteiger partial charge in [-0.05, 0) is 19.1 Å². The molecule has 0 aliphatic rings. The summed E-state index contributed by atoms with van der Waals surface area (Å²) >= 11 is 0. The van der Waals surface area contributed by atoms with Gasteiger partial charge in [0.05, 0.1) is 0 Å². The molecule has 0 radical (unpaired) electrons. The summed E-state index contributed by atoms with van der Waals surface area (Å²) in [5.74, 6) is 0.842. The van der Waals surface area contributed by atoms with Gasteiger partial charge in [0.1, 0.15) is 11.5 Å². The number of aryl methyl sites for hydroxylation is 1. The number of aromatic nitrogens is 2. The highest BCUT2D eigenvalue weighted by Gasteiger charge is 2.00. The molecular weight excluding hydrogens is 212 g/mol. The molecule has 86 valence electrons. The lowest BCUT2D eigenvalue weighted by molar-refractivity contribution is 0.399. The van der Waals surface area contributed by atoms with Crippen LogP contribution in [0.2, 0.25) is 0 Å². The number of rotatable bonds is 1. The number of hydrogen-bond acceptors (Lipinski definition) is 2. The SMILES string of the molecule is Cc1cc(-c2ccccc2)no1.c1cc[nH]c1. The zero-order valence-corrected chi connectivity index (χ0v) is 9.63. The van der Waals surface area contributed by atoms with Crippen LogP contribution in [0.15, 0.2) is 65.4 Å². The van der Waals surface area contributed by atoms with Crippen molar-refractivity contribution < 1.29 is 4.52 Å². The topological polar surface area (TPSA) is 41.8 Å². The number of hydrogen-bond donors (Lipinski definition) is 1. The Morgan fingerprint density at radius 1 is 1.00 bits per heavy atom. The molecule has 0 fully saturated rings. The molecule has 3 nitrogen and oxygen atoms in total. The number of H-pyrrole nitrogens is 1. The predicted octanol–water partition coefficient (Wildman–Crippen LogP) is 3.66. The minimum Gasteiger partial charge on any atom is -0.368 e. The van der Waals surface area contributed by atoms with Crippen LogP contribution in [0, 0.1) is 6.92 Å². The molecule has 0 spiro atoms. The van der Waals surface area contributed by atoms with Crippen molar-refractivity contribution in [1.29, 1.82) is 0 Å². The van der Waals surface area contributed by atoms with E-state index in [2.05, 4.69) is 10.1 Å². The van der Waals surface area contributed by atoms with Crippen LogP contribution in [0.4, 0.5) is 0 Å². The average Bonchev–Trinajstić information content (AvgIpc) is 3.04. The fourth-order valence-electron chi connectivity index (χ4n) is 1.39. The van der Waals surface area contributed by atoms with E-state index < -0.39 is 0 Å². The summed E-state index contributed by atoms with van der Waals surface area (Å²) in [5, 5.41) is 3.91. The van der Waals surface area contributed by atoms with Crippen molar-refractivity contribution in [1.82, 2.24) is 10.1 Å². The van der Waals surface area contributed by atoms with E-state index in [1.165, 1.54) is 0 Å². The molecule has 17 heavy (non-hydrogen) atoms. The lowest BCUT2D eigenvalue weighted by Gasteiger charge is -1.90. The fraction of sp³-hybridized carbons (Fsp3) is 0.0714. The van der Waals surface area contributed by atoms with Gasteiger partial charge in [-0.3, -0.25) is 0 Å². The molecule has 0 atom stereocenters. The van der Waals surface area contributed by atoms with Crippen molar-refractivity contribution in [3.05, 3.63) is 66.7 Å². The van der Waals surface area contributed by atoms with E-state index in [1.54, 1.807) is 0 Å². The zero-order valence-electron chi connectivity index (χ0n) is 9.63. The predicted molar refractivity (Wildman–Crippen MR) is 67.5 cm³/mol. The summed E-state index contributed by atoms with van der Waals surface area (Å²) in [5.41, 5.74) is 1.99. The Morgan fingerprint density at radius 2 is 1.71 bits per heavy atom. The summed E-state index contributed by atoms with van der Waals surface area (Å²) in [4.78, 5) is 2.86. The zero-order chi connectivity index (χ0) is 11.9. The maximum absolute atomic E-state index is 4.97. The van der Waals surface area contributed by atoms with Crippen LogP contribution in [0.3, 0.4) is 0 Å². The Bertz CT molecular complexity index is 509. The van der Waals surface area contributed by atoms with Crippen LogP contribution >= 0.6 is 0 Å². The Labute approximate surface area is 100 Å². The van der Waals surface area contributed by atoms with Crippen LogP contribution in [-0.2, 0) is 0 Å². The monoisotopic (exact) mass is 226 g/mol. The second kappa shape index (κ2) is 5.70. The van der Waals surface area contributed by atoms with E-state index in [0.29, 0.717) is 0 Å². The quantitative estimate of drug-likeness (QED) is 0.688. The Kier molecular flexibility index (Phi) is 3.76. The van der Waals surface area contributed by atoms with Gasteiger partial charge in [0.15, 0.2) is 0 Å². The van der Waals surface area contributed by atoms with Crippen LogP contribution in [-0.4, -0.2) is 10.1 Å². The van der Waals surface area contributed by atoms with E-state index in [0.717, 1.165) is 17.0 Å². The van der Waals surface area contributed by atoms with Gasteiger partial charge in [0.2, 0.25) is 0 Å². The largest absolute Gasteiger partial charge is 0.368 e. The number of benzene rings is 1. The van der Waals surface area contributed by atoms with Crippen molar-refractivity contribution in [3.63, 3.8) is 0 Å². The molecule has 0 saturated carbocycles. The highest BCUT2D eigenvalue weighted by atomic mass is 16.5. The molecule has 0 aliphatic heterocycles. The van der Waals surface area contributed by atoms with Crippen molar-refractivity contribution in [2.24, 2.45) is 0 Å². The highest BCUT2D eigenvalue weighted by Crippen LogP contribution is 2.17. The van der Waals surface area contributed by atoms with Gasteiger partial charge in [0.25, 0.3) is 0 Å². The van der Waals surface area contributed by atoms with Crippen LogP contribution in [0.1, 0.15) is 5.76 Å². The minimum atomic E-state index is 0.842. The summed E-state index contributed by atoms with van der Waals surface area (Å²) in [6.07, 6.45) is 3.75. The summed E-state index contributed by atoms with van der Waals surface area (Å²) in [6, 6.07) is 15.8. The Morgan fingerprint density at radius 3 is 2.18 bits per heavy atom. The molecule has 0 amide bonds. The molecule has 2 heterocycles. The van der Waals surface area contributed by atoms with Gasteiger partial charge in [0, 0.05) is 24.0 Å². The fourth-order valence-corrected chi connectivity index (χ4v) is 1.39. The van der Waals surface area contributed by atoms with Gasteiger partial charge in [-0.15, -0.1) is 0 Å². The third-order valence-corrected chi connectivity index (χ3v) is 2.19. The third-order valence-electron chi connectivity index (χ3n) is 2.19. The number of nitrogens with zero attached hydrogens (tertiary/aromatic N) is 1. The Balaban J connectivity index is 0.000000181. The number of nitrogens with one attached hydrogen (secondary N) is 1. The minimum absolute atomic E-state index is 0.842. The molecule has 0 unspecified atom stereocenters. The maximum atomic E-state index is 4.97. The maximum Gasteiger partial charge on any atom is 0.134 e. The highest BCUT2D eigenvalue weighted by molar-refractivity contribution is 5.58. The van der Waals surface area contributed by atoms with E-state index in [9.17, 15) is 0 Å². The molecule has 2 aromatic heterocycles. The van der Waals surface area contributed by atoms with Crippen molar-refractivity contribution in [2.75, 3.05) is 0 Å². The molecule has 0 saturated heterocycles. The van der Waals surface area contributed by atoms with E-state index in [4.69, 9.17) is 4.52 Å². The molecule has 1 N–H and O–H groups in total. The first kappa shape index (κ1) is 11.2. The average molecular weight is 226 g/mol. The first-order valence-corrected chi connectivity index (χ1v) is 5.43. The summed E-state index contributed by atoms with van der Waals surface area (Å²) in [7, 11) is 0. The van der Waals surface area contributed by atoms with Gasteiger partial charge in [-0.25, -0.2) is 0 Å². The van der Waals surface area contributed by atoms with Crippen LogP contribution in [0.25, 0.3) is 11.3 Å². The lowest BCUT2D eigenvalue weighted by Crippen LogP contribution is -1.73. The third kappa shape index (κ3) is 3.34. The van der Waals surface area contributed by atoms with E-state index >= 15 is 0 Å². The molecule has 3 heteroatoms. The van der Waals surface area contributed by atoms with Crippen LogP contribution in [0.5, 0.6) is 0 Å². The lowest BCUT2D eigenvalue weighted by atomic mass is 10.1.